The van der Waals surface area contributed by atoms with Gasteiger partial charge in [0, 0.05) is 18.9 Å². The fourth-order valence-corrected chi connectivity index (χ4v) is 2.66. The number of carbonyl (C=O) groups is 1. The lowest BCUT2D eigenvalue weighted by Crippen LogP contribution is -2.25. The van der Waals surface area contributed by atoms with Crippen molar-refractivity contribution in [2.45, 2.75) is 19.9 Å². The second kappa shape index (κ2) is 6.53. The molecule has 3 aromatic heterocycles. The van der Waals surface area contributed by atoms with Crippen molar-refractivity contribution in [1.29, 1.82) is 0 Å². The summed E-state index contributed by atoms with van der Waals surface area (Å²) >= 11 is 1.56. The molecule has 0 aliphatic heterocycles. The van der Waals surface area contributed by atoms with Gasteiger partial charge in [0.05, 0.1) is 17.0 Å². The van der Waals surface area contributed by atoms with Gasteiger partial charge in [0.25, 0.3) is 0 Å². The van der Waals surface area contributed by atoms with E-state index in [0.717, 1.165) is 10.4 Å². The maximum Gasteiger partial charge on any atom is 0.236 e. The first-order valence-corrected chi connectivity index (χ1v) is 7.76. The van der Waals surface area contributed by atoms with Gasteiger partial charge in [-0.25, -0.2) is 4.98 Å². The minimum absolute atomic E-state index is 0.0852. The molecule has 6 heteroatoms. The number of aromatic nitrogens is 2. The lowest BCUT2D eigenvalue weighted by Gasteiger charge is -2.03. The molecule has 0 aliphatic carbocycles. The molecule has 0 saturated heterocycles. The topological polar surface area (TPSA) is 68.0 Å². The average molecular weight is 313 g/mol. The van der Waals surface area contributed by atoms with Crippen molar-refractivity contribution in [3.63, 3.8) is 0 Å². The Morgan fingerprint density at radius 3 is 3.00 bits per heavy atom. The Bertz CT molecular complexity index is 751. The van der Waals surface area contributed by atoms with Crippen molar-refractivity contribution in [1.82, 2.24) is 15.3 Å². The van der Waals surface area contributed by atoms with Crippen LogP contribution in [0.15, 0.2) is 46.5 Å². The summed E-state index contributed by atoms with van der Waals surface area (Å²) in [4.78, 5) is 21.4. The van der Waals surface area contributed by atoms with Crippen LogP contribution in [-0.4, -0.2) is 15.9 Å². The number of aryl methyl sites for hydroxylation is 1. The Kier molecular flexibility index (Phi) is 4.29. The highest BCUT2D eigenvalue weighted by Gasteiger charge is 2.15. The van der Waals surface area contributed by atoms with E-state index in [1.165, 1.54) is 0 Å². The second-order valence-electron chi connectivity index (χ2n) is 4.81. The molecule has 1 N–H and O–H groups in total. The van der Waals surface area contributed by atoms with E-state index in [2.05, 4.69) is 15.3 Å². The number of hydrogen-bond donors (Lipinski definition) is 1. The first-order valence-electron chi connectivity index (χ1n) is 6.88. The van der Waals surface area contributed by atoms with Crippen LogP contribution in [0.25, 0.3) is 10.8 Å². The number of oxazole rings is 1. The van der Waals surface area contributed by atoms with Crippen molar-refractivity contribution in [3.8, 4) is 10.8 Å². The van der Waals surface area contributed by atoms with Gasteiger partial charge >= 0.3 is 0 Å². The number of pyridine rings is 1. The monoisotopic (exact) mass is 313 g/mol. The summed E-state index contributed by atoms with van der Waals surface area (Å²) in [5.41, 5.74) is 1.64. The highest BCUT2D eigenvalue weighted by atomic mass is 32.1. The third-order valence-corrected chi connectivity index (χ3v) is 4.02. The molecular formula is C16H15N3O2S. The predicted molar refractivity (Wildman–Crippen MR) is 84.3 cm³/mol. The number of nitrogens with one attached hydrogen (secondary N) is 1. The number of carbonyl (C=O) groups excluding carboxylic acids is 1. The Morgan fingerprint density at radius 1 is 1.36 bits per heavy atom. The standard InChI is InChI=1S/C16H15N3O2S/c1-11-13(19-16(21-11)14-5-3-7-22-14)8-15(20)18-10-12-4-2-6-17-9-12/h2-7,9H,8,10H2,1H3,(H,18,20). The lowest BCUT2D eigenvalue weighted by molar-refractivity contribution is -0.120. The highest BCUT2D eigenvalue weighted by Crippen LogP contribution is 2.25. The smallest absolute Gasteiger partial charge is 0.236 e. The van der Waals surface area contributed by atoms with Gasteiger partial charge in [0.2, 0.25) is 11.8 Å². The van der Waals surface area contributed by atoms with Crippen molar-refractivity contribution in [2.75, 3.05) is 0 Å². The maximum atomic E-state index is 12.0. The van der Waals surface area contributed by atoms with Gasteiger partial charge in [-0.1, -0.05) is 12.1 Å². The number of amides is 1. The predicted octanol–water partition coefficient (Wildman–Crippen LogP) is 2.97. The Morgan fingerprint density at radius 2 is 2.27 bits per heavy atom. The van der Waals surface area contributed by atoms with Gasteiger partial charge in [-0.05, 0) is 30.0 Å². The molecule has 22 heavy (non-hydrogen) atoms. The Balaban J connectivity index is 1.62. The van der Waals surface area contributed by atoms with Crippen molar-refractivity contribution < 1.29 is 9.21 Å². The van der Waals surface area contributed by atoms with Crippen molar-refractivity contribution >= 4 is 17.2 Å². The zero-order valence-electron chi connectivity index (χ0n) is 12.1. The first-order chi connectivity index (χ1) is 10.7. The third-order valence-electron chi connectivity index (χ3n) is 3.17. The summed E-state index contributed by atoms with van der Waals surface area (Å²) in [6, 6.07) is 7.65. The van der Waals surface area contributed by atoms with Crippen LogP contribution in [0.1, 0.15) is 17.0 Å². The first kappa shape index (κ1) is 14.5. The molecule has 0 fully saturated rings. The van der Waals surface area contributed by atoms with Crippen LogP contribution in [0.4, 0.5) is 0 Å². The fourth-order valence-electron chi connectivity index (χ4n) is 2.02. The van der Waals surface area contributed by atoms with E-state index in [-0.39, 0.29) is 12.3 Å². The van der Waals surface area contributed by atoms with E-state index in [9.17, 15) is 4.79 Å². The largest absolute Gasteiger partial charge is 0.440 e. The molecule has 0 unspecified atom stereocenters. The molecule has 3 aromatic rings. The molecule has 0 radical (unpaired) electrons. The minimum Gasteiger partial charge on any atom is -0.440 e. The van der Waals surface area contributed by atoms with Crippen LogP contribution in [0.3, 0.4) is 0 Å². The molecule has 5 nitrogen and oxygen atoms in total. The molecule has 0 saturated carbocycles. The van der Waals surface area contributed by atoms with E-state index in [4.69, 9.17) is 4.42 Å². The normalized spacial score (nSPS) is 10.6. The van der Waals surface area contributed by atoms with Crippen LogP contribution in [0.5, 0.6) is 0 Å². The summed E-state index contributed by atoms with van der Waals surface area (Å²) in [6.07, 6.45) is 3.65. The van der Waals surface area contributed by atoms with E-state index in [1.54, 1.807) is 23.7 Å². The minimum atomic E-state index is -0.0852. The van der Waals surface area contributed by atoms with Crippen LogP contribution >= 0.6 is 11.3 Å². The quantitative estimate of drug-likeness (QED) is 0.786. The molecule has 0 bridgehead atoms. The average Bonchev–Trinajstić information content (AvgIpc) is 3.17. The van der Waals surface area contributed by atoms with Crippen LogP contribution in [0, 0.1) is 6.92 Å². The van der Waals surface area contributed by atoms with Crippen LogP contribution < -0.4 is 5.32 Å². The molecular weight excluding hydrogens is 298 g/mol. The van der Waals surface area contributed by atoms with Gasteiger partial charge in [-0.3, -0.25) is 9.78 Å². The Hall–Kier alpha value is -2.47. The van der Waals surface area contributed by atoms with Gasteiger partial charge in [0.15, 0.2) is 0 Å². The summed E-state index contributed by atoms with van der Waals surface area (Å²) in [5.74, 6) is 1.17. The molecule has 0 aliphatic rings. The highest BCUT2D eigenvalue weighted by molar-refractivity contribution is 7.13. The molecule has 3 rings (SSSR count). The fraction of sp³-hybridized carbons (Fsp3) is 0.188. The maximum absolute atomic E-state index is 12.0. The second-order valence-corrected chi connectivity index (χ2v) is 5.76. The molecule has 1 amide bonds. The number of nitrogens with zero attached hydrogens (tertiary/aromatic N) is 2. The van der Waals surface area contributed by atoms with E-state index < -0.39 is 0 Å². The third kappa shape index (κ3) is 3.40. The summed E-state index contributed by atoms with van der Waals surface area (Å²) in [6.45, 7) is 2.29. The molecule has 112 valence electrons. The summed E-state index contributed by atoms with van der Waals surface area (Å²) in [5, 5.41) is 4.83. The van der Waals surface area contributed by atoms with E-state index >= 15 is 0 Å². The van der Waals surface area contributed by atoms with Crippen LogP contribution in [0.2, 0.25) is 0 Å². The Labute approximate surface area is 132 Å². The van der Waals surface area contributed by atoms with Gasteiger partial charge < -0.3 is 9.73 Å². The molecule has 3 heterocycles. The van der Waals surface area contributed by atoms with E-state index in [0.29, 0.717) is 23.9 Å². The molecule has 0 spiro atoms. The zero-order chi connectivity index (χ0) is 15.4. The van der Waals surface area contributed by atoms with Gasteiger partial charge in [-0.15, -0.1) is 11.3 Å². The van der Waals surface area contributed by atoms with Crippen molar-refractivity contribution in [2.24, 2.45) is 0 Å². The summed E-state index contributed by atoms with van der Waals surface area (Å²) in [7, 11) is 0. The molecule has 0 atom stereocenters. The van der Waals surface area contributed by atoms with E-state index in [1.807, 2.05) is 36.6 Å². The number of rotatable bonds is 5. The van der Waals surface area contributed by atoms with Gasteiger partial charge in [-0.2, -0.15) is 0 Å². The van der Waals surface area contributed by atoms with Crippen LogP contribution in [-0.2, 0) is 17.8 Å². The SMILES string of the molecule is Cc1oc(-c2cccs2)nc1CC(=O)NCc1cccnc1. The van der Waals surface area contributed by atoms with Gasteiger partial charge in [0.1, 0.15) is 5.76 Å². The number of hydrogen-bond acceptors (Lipinski definition) is 5. The van der Waals surface area contributed by atoms with Crippen molar-refractivity contribution in [3.05, 3.63) is 59.1 Å². The molecule has 0 aromatic carbocycles. The summed E-state index contributed by atoms with van der Waals surface area (Å²) < 4.78 is 5.63. The number of thiophene rings is 1. The lowest BCUT2D eigenvalue weighted by atomic mass is 10.2. The zero-order valence-corrected chi connectivity index (χ0v) is 12.9.